The van der Waals surface area contributed by atoms with E-state index in [1.807, 2.05) is 0 Å². The van der Waals surface area contributed by atoms with Gasteiger partial charge in [0.25, 0.3) is 0 Å². The number of carbonyl (C=O) groups is 1. The fourth-order valence-electron chi connectivity index (χ4n) is 3.11. The van der Waals surface area contributed by atoms with Crippen LogP contribution in [0.3, 0.4) is 0 Å². The summed E-state index contributed by atoms with van der Waals surface area (Å²) in [6, 6.07) is 0. The van der Waals surface area contributed by atoms with Gasteiger partial charge >= 0.3 is 0 Å². The molecule has 2 aliphatic heterocycles. The van der Waals surface area contributed by atoms with Gasteiger partial charge < -0.3 is 16.0 Å². The fourth-order valence-corrected chi connectivity index (χ4v) is 3.33. The Kier molecular flexibility index (Phi) is 5.59. The molecular formula is C17H21ClF2N6O. The van der Waals surface area contributed by atoms with Crippen LogP contribution in [0.1, 0.15) is 32.0 Å². The van der Waals surface area contributed by atoms with Gasteiger partial charge in [0.1, 0.15) is 23.9 Å². The van der Waals surface area contributed by atoms with E-state index in [-0.39, 0.29) is 24.2 Å². The van der Waals surface area contributed by atoms with Crippen molar-refractivity contribution in [1.82, 2.24) is 20.6 Å². The van der Waals surface area contributed by atoms with Crippen LogP contribution in [0.25, 0.3) is 0 Å². The predicted octanol–water partition coefficient (Wildman–Crippen LogP) is 2.08. The average Bonchev–Trinajstić information content (AvgIpc) is 3.04. The lowest BCUT2D eigenvalue weighted by atomic mass is 9.90. The highest BCUT2D eigenvalue weighted by atomic mass is 35.5. The number of nitrogens with zero attached hydrogens (tertiary/aromatic N) is 3. The number of hydrogen-bond donors (Lipinski definition) is 3. The Hall–Kier alpha value is -2.29. The topological polar surface area (TPSA) is 91.3 Å². The van der Waals surface area contributed by atoms with Crippen LogP contribution >= 0.6 is 11.6 Å². The summed E-state index contributed by atoms with van der Waals surface area (Å²) in [4.78, 5) is 24.9. The van der Waals surface area contributed by atoms with Gasteiger partial charge in [0.15, 0.2) is 11.6 Å². The largest absolute Gasteiger partial charge is 0.373 e. The molecule has 3 rings (SSSR count). The molecule has 0 spiro atoms. The monoisotopic (exact) mass is 398 g/mol. The van der Waals surface area contributed by atoms with E-state index in [0.717, 1.165) is 12.0 Å². The Labute approximate surface area is 160 Å². The van der Waals surface area contributed by atoms with Crippen LogP contribution in [0.15, 0.2) is 22.4 Å². The lowest BCUT2D eigenvalue weighted by Crippen LogP contribution is -2.48. The third-order valence-corrected chi connectivity index (χ3v) is 4.82. The normalized spacial score (nSPS) is 21.7. The second-order valence-corrected chi connectivity index (χ2v) is 7.49. The number of anilines is 1. The van der Waals surface area contributed by atoms with Gasteiger partial charge in [-0.05, 0) is 20.3 Å². The van der Waals surface area contributed by atoms with Crippen molar-refractivity contribution in [2.24, 2.45) is 10.9 Å². The highest BCUT2D eigenvalue weighted by molar-refractivity contribution is 6.30. The van der Waals surface area contributed by atoms with Crippen LogP contribution in [-0.2, 0) is 4.79 Å². The van der Waals surface area contributed by atoms with Crippen molar-refractivity contribution in [2.75, 3.05) is 25.1 Å². The first-order chi connectivity index (χ1) is 12.8. The van der Waals surface area contributed by atoms with Crippen molar-refractivity contribution >= 4 is 29.2 Å². The van der Waals surface area contributed by atoms with E-state index in [4.69, 9.17) is 11.6 Å². The van der Waals surface area contributed by atoms with E-state index in [1.165, 1.54) is 0 Å². The Morgan fingerprint density at radius 2 is 2.22 bits per heavy atom. The summed E-state index contributed by atoms with van der Waals surface area (Å²) in [5, 5.41) is 9.07. The summed E-state index contributed by atoms with van der Waals surface area (Å²) in [5.74, 6) is -0.0705. The number of halogens is 3. The standard InChI is InChI=1S/C17H21ClF2N6O/c1-17(2,16(27)21-4-3-19)26-15-12(20)8-24-14(25-15)11-7-23-13-10(11)5-9(18)6-22-13/h6,8,10-11H,3-5,7H2,1-2H3,(H,21,27)(H,22,23)(H,24,25,26). The summed E-state index contributed by atoms with van der Waals surface area (Å²) < 4.78 is 26.5. The minimum atomic E-state index is -1.18. The zero-order valence-corrected chi connectivity index (χ0v) is 15.8. The average molecular weight is 399 g/mol. The van der Waals surface area contributed by atoms with E-state index in [0.29, 0.717) is 23.8 Å². The van der Waals surface area contributed by atoms with Gasteiger partial charge in [-0.3, -0.25) is 4.79 Å². The second kappa shape index (κ2) is 7.75. The number of aliphatic imine (C=N–C) groups is 1. The van der Waals surface area contributed by atoms with Crippen molar-refractivity contribution in [1.29, 1.82) is 0 Å². The van der Waals surface area contributed by atoms with Crippen LogP contribution < -0.4 is 16.0 Å². The number of amidine groups is 1. The van der Waals surface area contributed by atoms with E-state index in [1.54, 1.807) is 20.0 Å². The molecule has 10 heteroatoms. The number of fused-ring (bicyclic) bond motifs is 1. The molecule has 1 saturated heterocycles. The molecule has 7 nitrogen and oxygen atoms in total. The van der Waals surface area contributed by atoms with Crippen molar-refractivity contribution in [3.05, 3.63) is 29.1 Å². The molecule has 3 N–H and O–H groups in total. The molecule has 2 unspecified atom stereocenters. The highest BCUT2D eigenvalue weighted by Crippen LogP contribution is 2.36. The summed E-state index contributed by atoms with van der Waals surface area (Å²) in [5.41, 5.74) is -1.18. The first-order valence-electron chi connectivity index (χ1n) is 8.63. The van der Waals surface area contributed by atoms with Crippen LogP contribution in [0, 0.1) is 11.7 Å². The Morgan fingerprint density at radius 3 is 2.96 bits per heavy atom. The minimum absolute atomic E-state index is 0.00155. The maximum atomic E-state index is 14.2. The molecule has 1 amide bonds. The smallest absolute Gasteiger partial charge is 0.245 e. The van der Waals surface area contributed by atoms with Crippen LogP contribution in [0.4, 0.5) is 14.6 Å². The number of allylic oxidation sites excluding steroid dienone is 1. The molecule has 1 fully saturated rings. The van der Waals surface area contributed by atoms with Gasteiger partial charge in [-0.25, -0.2) is 23.7 Å². The van der Waals surface area contributed by atoms with Gasteiger partial charge in [-0.1, -0.05) is 11.6 Å². The number of carbonyl (C=O) groups excluding carboxylic acids is 1. The number of rotatable bonds is 6. The highest BCUT2D eigenvalue weighted by Gasteiger charge is 2.38. The third kappa shape index (κ3) is 4.18. The molecule has 0 bridgehead atoms. The Morgan fingerprint density at radius 1 is 1.44 bits per heavy atom. The zero-order valence-electron chi connectivity index (χ0n) is 15.0. The van der Waals surface area contributed by atoms with Gasteiger partial charge in [0.2, 0.25) is 5.91 Å². The number of aromatic nitrogens is 2. The van der Waals surface area contributed by atoms with Crippen LogP contribution in [-0.4, -0.2) is 47.0 Å². The van der Waals surface area contributed by atoms with Crippen molar-refractivity contribution in [2.45, 2.75) is 31.7 Å². The number of alkyl halides is 1. The van der Waals surface area contributed by atoms with E-state index in [9.17, 15) is 13.6 Å². The van der Waals surface area contributed by atoms with Gasteiger partial charge in [-0.2, -0.15) is 0 Å². The Balaban J connectivity index is 1.80. The van der Waals surface area contributed by atoms with Crippen molar-refractivity contribution < 1.29 is 13.6 Å². The molecule has 146 valence electrons. The molecular weight excluding hydrogens is 378 g/mol. The zero-order chi connectivity index (χ0) is 19.6. The van der Waals surface area contributed by atoms with Gasteiger partial charge in [0, 0.05) is 36.2 Å². The molecule has 1 aromatic rings. The summed E-state index contributed by atoms with van der Waals surface area (Å²) in [6.45, 7) is 2.91. The number of amides is 1. The quantitative estimate of drug-likeness (QED) is 0.682. The first kappa shape index (κ1) is 19.5. The third-order valence-electron chi connectivity index (χ3n) is 4.57. The molecule has 0 aliphatic carbocycles. The lowest BCUT2D eigenvalue weighted by molar-refractivity contribution is -0.124. The minimum Gasteiger partial charge on any atom is -0.373 e. The molecule has 1 aromatic heterocycles. The first-order valence-corrected chi connectivity index (χ1v) is 9.00. The summed E-state index contributed by atoms with van der Waals surface area (Å²) in [7, 11) is 0. The molecule has 2 atom stereocenters. The van der Waals surface area contributed by atoms with Gasteiger partial charge in [-0.15, -0.1) is 0 Å². The lowest BCUT2D eigenvalue weighted by Gasteiger charge is -2.26. The molecule has 0 radical (unpaired) electrons. The summed E-state index contributed by atoms with van der Waals surface area (Å²) >= 11 is 6.10. The maximum absolute atomic E-state index is 14.2. The maximum Gasteiger partial charge on any atom is 0.245 e. The van der Waals surface area contributed by atoms with Crippen molar-refractivity contribution in [3.63, 3.8) is 0 Å². The van der Waals surface area contributed by atoms with Crippen LogP contribution in [0.2, 0.25) is 0 Å². The molecule has 3 heterocycles. The second-order valence-electron chi connectivity index (χ2n) is 7.01. The number of hydrogen-bond acceptors (Lipinski definition) is 6. The molecule has 0 saturated carbocycles. The fraction of sp³-hybridized carbons (Fsp3) is 0.529. The van der Waals surface area contributed by atoms with E-state index < -0.39 is 23.9 Å². The SMILES string of the molecule is CC(C)(Nc1nc(C2CNC3=NC=C(Cl)CC32)ncc1F)C(=O)NCCF. The van der Waals surface area contributed by atoms with Gasteiger partial charge in [0.05, 0.1) is 6.20 Å². The Bertz CT molecular complexity index is 798. The molecule has 0 aromatic carbocycles. The van der Waals surface area contributed by atoms with Crippen LogP contribution in [0.5, 0.6) is 0 Å². The van der Waals surface area contributed by atoms with E-state index in [2.05, 4.69) is 30.9 Å². The predicted molar refractivity (Wildman–Crippen MR) is 98.9 cm³/mol. The molecule has 27 heavy (non-hydrogen) atoms. The number of nitrogens with one attached hydrogen (secondary N) is 3. The van der Waals surface area contributed by atoms with E-state index >= 15 is 0 Å². The molecule has 2 aliphatic rings. The van der Waals surface area contributed by atoms with Crippen molar-refractivity contribution in [3.8, 4) is 0 Å². The summed E-state index contributed by atoms with van der Waals surface area (Å²) in [6.07, 6.45) is 3.30.